The first kappa shape index (κ1) is 29.2. The zero-order valence-corrected chi connectivity index (χ0v) is 15.2. The Labute approximate surface area is 161 Å². The Hall–Kier alpha value is 4.63. The molecule has 0 atom stereocenters. The minimum absolute atomic E-state index is 0. The zero-order chi connectivity index (χ0) is 4.50. The van der Waals surface area contributed by atoms with E-state index in [1.807, 2.05) is 0 Å². The third kappa shape index (κ3) is 66.5. The van der Waals surface area contributed by atoms with Crippen molar-refractivity contribution in [2.45, 2.75) is 0 Å². The second kappa shape index (κ2) is 15.1. The number of hydrogen-bond acceptors (Lipinski definition) is 4. The predicted octanol–water partition coefficient (Wildman–Crippen LogP) is -6.66. The third-order valence-corrected chi connectivity index (χ3v) is 0. The summed E-state index contributed by atoms with van der Waals surface area (Å²) in [5.74, 6) is 0. The number of rotatable bonds is 0. The van der Waals surface area contributed by atoms with Crippen molar-refractivity contribution in [3.63, 3.8) is 0 Å². The molecule has 0 fully saturated rings. The first-order valence-corrected chi connectivity index (χ1v) is 2.45. The van der Waals surface area contributed by atoms with Gasteiger partial charge in [-0.2, -0.15) is 0 Å². The van der Waals surface area contributed by atoms with Gasteiger partial charge in [0, 0.05) is 0 Å². The first-order valence-electron chi connectivity index (χ1n) is 0.816. The Bertz CT molecular complexity index is 31.3. The predicted molar refractivity (Wildman–Crippen MR) is 28.8 cm³/mol. The van der Waals surface area contributed by atoms with Crippen LogP contribution in [0, 0.1) is 0 Å². The molecule has 0 radical (unpaired) electrons. The monoisotopic (exact) mass is 332 g/mol. The molecule has 0 aliphatic rings. The normalized spacial score (nSPS) is 6.67. The van der Waals surface area contributed by atoms with E-state index in [0.717, 1.165) is 0 Å². The molecule has 32 valence electrons. The first-order chi connectivity index (χ1) is 2.00. The SMILES string of the molecule is [Ca+2].[Ca+2].[Ca+2].[O-][Si]([O-])([O-])[O-].[Sn+4]. The summed E-state index contributed by atoms with van der Waals surface area (Å²) in [5.41, 5.74) is 0. The molecule has 0 N–H and O–H groups in total. The van der Waals surface area contributed by atoms with Crippen LogP contribution in [0.3, 0.4) is 0 Å². The van der Waals surface area contributed by atoms with Crippen molar-refractivity contribution >= 4 is 146 Å². The largest absolute Gasteiger partial charge is 4.00 e. The molecular weight excluding hydrogens is 331 g/mol. The average Bonchev–Trinajstić information content (AvgIpc) is 0.722. The van der Waals surface area contributed by atoms with E-state index in [-0.39, 0.29) is 137 Å². The summed E-state index contributed by atoms with van der Waals surface area (Å²) in [6.07, 6.45) is 0. The van der Waals surface area contributed by atoms with E-state index in [1.54, 1.807) is 0 Å². The van der Waals surface area contributed by atoms with Crippen LogP contribution in [-0.2, 0) is 0 Å². The minimum atomic E-state index is -5.61. The van der Waals surface area contributed by atoms with Crippen LogP contribution in [-0.4, -0.2) is 146 Å². The van der Waals surface area contributed by atoms with Crippen molar-refractivity contribution in [2.75, 3.05) is 0 Å². The molecule has 0 aliphatic carbocycles. The van der Waals surface area contributed by atoms with Crippen molar-refractivity contribution < 1.29 is 19.2 Å². The van der Waals surface area contributed by atoms with Gasteiger partial charge in [0.25, 0.3) is 0 Å². The van der Waals surface area contributed by atoms with E-state index in [2.05, 4.69) is 0 Å². The fraction of sp³-hybridized carbons (Fsp3) is 0. The third-order valence-electron chi connectivity index (χ3n) is 0. The summed E-state index contributed by atoms with van der Waals surface area (Å²) < 4.78 is 0. The maximum Gasteiger partial charge on any atom is 4.00 e. The summed E-state index contributed by atoms with van der Waals surface area (Å²) in [7, 11) is -5.61. The van der Waals surface area contributed by atoms with Crippen LogP contribution in [0.4, 0.5) is 0 Å². The van der Waals surface area contributed by atoms with Crippen molar-refractivity contribution in [2.24, 2.45) is 0 Å². The van der Waals surface area contributed by atoms with E-state index < -0.39 is 9.05 Å². The molecule has 0 bridgehead atoms. The maximum atomic E-state index is 8.58. The average molecular weight is 331 g/mol. The molecule has 0 spiro atoms. The topological polar surface area (TPSA) is 92.2 Å². The Balaban J connectivity index is -0.0000000133. The van der Waals surface area contributed by atoms with Crippen molar-refractivity contribution in [1.82, 2.24) is 0 Å². The van der Waals surface area contributed by atoms with E-state index >= 15 is 0 Å². The van der Waals surface area contributed by atoms with Crippen LogP contribution in [0.2, 0.25) is 0 Å². The molecular formula is Ca3O4SiSn+6. The van der Waals surface area contributed by atoms with Crippen LogP contribution in [0.5, 0.6) is 0 Å². The second-order valence-corrected chi connectivity index (χ2v) is 1.50. The summed E-state index contributed by atoms with van der Waals surface area (Å²) in [4.78, 5) is 34.3. The molecule has 0 aliphatic heterocycles. The van der Waals surface area contributed by atoms with Crippen LogP contribution >= 0.6 is 0 Å². The maximum absolute atomic E-state index is 8.58. The Morgan fingerprint density at radius 3 is 0.667 bits per heavy atom. The van der Waals surface area contributed by atoms with Gasteiger partial charge >= 0.3 is 137 Å². The Kier molecular flexibility index (Phi) is 49.1. The van der Waals surface area contributed by atoms with Gasteiger partial charge in [0.1, 0.15) is 0 Å². The van der Waals surface area contributed by atoms with E-state index in [4.69, 9.17) is 19.2 Å². The fourth-order valence-electron chi connectivity index (χ4n) is 0. The molecule has 0 rings (SSSR count). The standard InChI is InChI=1S/3Ca.O4Si.Sn/c;;;1-5(2,3)4;/q3*+2;-4;+4. The van der Waals surface area contributed by atoms with Gasteiger partial charge in [-0.15, -0.1) is 0 Å². The van der Waals surface area contributed by atoms with E-state index in [9.17, 15) is 0 Å². The summed E-state index contributed by atoms with van der Waals surface area (Å²) in [6, 6.07) is 0. The number of hydrogen-bond donors (Lipinski definition) is 0. The molecule has 0 unspecified atom stereocenters. The Morgan fingerprint density at radius 2 is 0.667 bits per heavy atom. The summed E-state index contributed by atoms with van der Waals surface area (Å²) in [6.45, 7) is 0. The molecule has 9 heavy (non-hydrogen) atoms. The Morgan fingerprint density at radius 1 is 0.667 bits per heavy atom. The molecule has 0 aromatic heterocycles. The minimum Gasteiger partial charge on any atom is -0.894 e. The zero-order valence-electron chi connectivity index (χ0n) is 4.75. The van der Waals surface area contributed by atoms with E-state index in [1.165, 1.54) is 0 Å². The van der Waals surface area contributed by atoms with Gasteiger partial charge in [-0.3, -0.25) is 0 Å². The van der Waals surface area contributed by atoms with Gasteiger partial charge in [-0.25, -0.2) is 0 Å². The molecule has 0 heterocycles. The van der Waals surface area contributed by atoms with Gasteiger partial charge in [0.05, 0.1) is 0 Å². The van der Waals surface area contributed by atoms with Crippen LogP contribution in [0.25, 0.3) is 0 Å². The van der Waals surface area contributed by atoms with Gasteiger partial charge in [0.2, 0.25) is 0 Å². The molecule has 0 aromatic carbocycles. The molecule has 0 saturated carbocycles. The summed E-state index contributed by atoms with van der Waals surface area (Å²) >= 11 is 0. The molecule has 0 aromatic rings. The fourth-order valence-corrected chi connectivity index (χ4v) is 0. The van der Waals surface area contributed by atoms with Crippen molar-refractivity contribution in [3.05, 3.63) is 0 Å². The van der Waals surface area contributed by atoms with Crippen molar-refractivity contribution in [3.8, 4) is 0 Å². The molecule has 9 heteroatoms. The molecule has 4 nitrogen and oxygen atoms in total. The van der Waals surface area contributed by atoms with Gasteiger partial charge in [-0.05, 0) is 0 Å². The van der Waals surface area contributed by atoms with Gasteiger partial charge in [0.15, 0.2) is 0 Å². The second-order valence-electron chi connectivity index (χ2n) is 0.500. The quantitative estimate of drug-likeness (QED) is 0.413. The summed E-state index contributed by atoms with van der Waals surface area (Å²) in [5, 5.41) is 0. The van der Waals surface area contributed by atoms with E-state index in [0.29, 0.717) is 0 Å². The van der Waals surface area contributed by atoms with Gasteiger partial charge < -0.3 is 28.2 Å². The van der Waals surface area contributed by atoms with Gasteiger partial charge in [-0.1, -0.05) is 0 Å². The molecule has 0 saturated heterocycles. The van der Waals surface area contributed by atoms with Crippen LogP contribution in [0.15, 0.2) is 0 Å². The van der Waals surface area contributed by atoms with Crippen LogP contribution < -0.4 is 19.2 Å². The van der Waals surface area contributed by atoms with Crippen LogP contribution in [0.1, 0.15) is 0 Å². The smallest absolute Gasteiger partial charge is 0.894 e. The molecule has 0 amide bonds. The van der Waals surface area contributed by atoms with Crippen molar-refractivity contribution in [1.29, 1.82) is 0 Å².